The van der Waals surface area contributed by atoms with Crippen molar-refractivity contribution >= 4 is 23.0 Å². The van der Waals surface area contributed by atoms with Crippen molar-refractivity contribution in [2.45, 2.75) is 38.7 Å². The summed E-state index contributed by atoms with van der Waals surface area (Å²) in [6.45, 7) is 8.27. The number of rotatable bonds is 10. The van der Waals surface area contributed by atoms with E-state index in [-0.39, 0.29) is 30.0 Å². The molecule has 0 heterocycles. The SMILES string of the molecule is C=C(Cc1cc(C(F)(F)F)cc(C(F)(F)F)c1)N[C@@H](CN=P(c1ccccc1)(c1ccccc1)c1ccccc1)C(C)C. The molecule has 0 unspecified atom stereocenters. The number of alkyl halides is 6. The predicted octanol–water partition coefficient (Wildman–Crippen LogP) is 8.57. The molecule has 0 aliphatic heterocycles. The van der Waals surface area contributed by atoms with E-state index in [2.05, 4.69) is 48.3 Å². The van der Waals surface area contributed by atoms with Gasteiger partial charge in [0.15, 0.2) is 0 Å². The Bertz CT molecular complexity index is 1430. The minimum absolute atomic E-state index is 0.0250. The van der Waals surface area contributed by atoms with E-state index in [9.17, 15) is 26.3 Å². The van der Waals surface area contributed by atoms with Gasteiger partial charge in [0.2, 0.25) is 0 Å². The van der Waals surface area contributed by atoms with E-state index < -0.39 is 30.5 Å². The highest BCUT2D eigenvalue weighted by Gasteiger charge is 2.37. The third-order valence-corrected chi connectivity index (χ3v) is 10.9. The molecule has 1 N–H and O–H groups in total. The molecular weight excluding hydrogens is 581 g/mol. The van der Waals surface area contributed by atoms with Gasteiger partial charge in [-0.25, -0.2) is 0 Å². The van der Waals surface area contributed by atoms with Crippen LogP contribution in [0.5, 0.6) is 0 Å². The highest BCUT2D eigenvalue weighted by atomic mass is 31.2. The molecule has 4 rings (SSSR count). The Morgan fingerprint density at radius 3 is 1.44 bits per heavy atom. The van der Waals surface area contributed by atoms with Gasteiger partial charge in [-0.15, -0.1) is 0 Å². The van der Waals surface area contributed by atoms with E-state index >= 15 is 0 Å². The van der Waals surface area contributed by atoms with Crippen molar-refractivity contribution in [3.63, 3.8) is 0 Å². The van der Waals surface area contributed by atoms with Gasteiger partial charge in [-0.1, -0.05) is 111 Å². The number of allylic oxidation sites excluding steroid dienone is 1. The number of hydrogen-bond acceptors (Lipinski definition) is 2. The Kier molecular flexibility index (Phi) is 9.91. The van der Waals surface area contributed by atoms with Crippen LogP contribution >= 0.6 is 7.05 Å². The van der Waals surface area contributed by atoms with Crippen molar-refractivity contribution in [2.24, 2.45) is 10.7 Å². The number of halogens is 6. The summed E-state index contributed by atoms with van der Waals surface area (Å²) < 4.78 is 85.9. The van der Waals surface area contributed by atoms with Crippen LogP contribution in [0.15, 0.2) is 126 Å². The summed E-state index contributed by atoms with van der Waals surface area (Å²) in [5.74, 6) is 0.0250. The first-order valence-electron chi connectivity index (χ1n) is 13.8. The van der Waals surface area contributed by atoms with E-state index in [0.717, 1.165) is 28.0 Å². The fraction of sp³-hybridized carbons (Fsp3) is 0.235. The molecule has 1 atom stereocenters. The quantitative estimate of drug-likeness (QED) is 0.141. The first-order chi connectivity index (χ1) is 20.3. The first kappa shape index (κ1) is 32.2. The molecule has 0 spiro atoms. The van der Waals surface area contributed by atoms with Crippen LogP contribution in [0, 0.1) is 5.92 Å². The molecule has 0 aliphatic rings. The minimum atomic E-state index is -4.91. The van der Waals surface area contributed by atoms with E-state index in [1.54, 1.807) is 0 Å². The van der Waals surface area contributed by atoms with Crippen molar-refractivity contribution < 1.29 is 26.3 Å². The Hall–Kier alpha value is -3.77. The molecule has 2 nitrogen and oxygen atoms in total. The molecule has 0 amide bonds. The summed E-state index contributed by atoms with van der Waals surface area (Å²) in [6.07, 6.45) is -10.0. The van der Waals surface area contributed by atoms with Crippen molar-refractivity contribution in [3.05, 3.63) is 138 Å². The molecule has 226 valence electrons. The van der Waals surface area contributed by atoms with E-state index in [0.29, 0.717) is 12.2 Å². The zero-order valence-electron chi connectivity index (χ0n) is 23.8. The third-order valence-electron chi connectivity index (χ3n) is 7.14. The van der Waals surface area contributed by atoms with Gasteiger partial charge in [-0.2, -0.15) is 26.3 Å². The lowest BCUT2D eigenvalue weighted by atomic mass is 10.00. The van der Waals surface area contributed by atoms with Crippen LogP contribution in [0.25, 0.3) is 0 Å². The van der Waals surface area contributed by atoms with Gasteiger partial charge < -0.3 is 5.32 Å². The second-order valence-corrected chi connectivity index (χ2v) is 13.8. The molecule has 4 aromatic rings. The number of nitrogens with one attached hydrogen (secondary N) is 1. The lowest BCUT2D eigenvalue weighted by Crippen LogP contribution is -2.37. The second-order valence-electron chi connectivity index (χ2n) is 10.7. The van der Waals surface area contributed by atoms with Crippen molar-refractivity contribution in [2.75, 3.05) is 6.54 Å². The molecule has 0 saturated heterocycles. The van der Waals surface area contributed by atoms with Gasteiger partial charge in [-0.3, -0.25) is 4.74 Å². The minimum Gasteiger partial charge on any atom is -0.384 e. The topological polar surface area (TPSA) is 24.4 Å². The molecule has 0 saturated carbocycles. The fourth-order valence-corrected chi connectivity index (χ4v) is 8.55. The molecule has 0 fully saturated rings. The van der Waals surface area contributed by atoms with E-state index in [4.69, 9.17) is 4.74 Å². The lowest BCUT2D eigenvalue weighted by molar-refractivity contribution is -0.143. The summed E-state index contributed by atoms with van der Waals surface area (Å²) in [4.78, 5) is 0. The zero-order valence-corrected chi connectivity index (χ0v) is 24.7. The molecule has 0 aliphatic carbocycles. The highest BCUT2D eigenvalue weighted by Crippen LogP contribution is 2.46. The van der Waals surface area contributed by atoms with E-state index in [1.165, 1.54) is 0 Å². The van der Waals surface area contributed by atoms with Crippen LogP contribution in [-0.4, -0.2) is 12.6 Å². The summed E-state index contributed by atoms with van der Waals surface area (Å²) in [6, 6.07) is 31.5. The number of benzene rings is 4. The molecule has 9 heteroatoms. The van der Waals surface area contributed by atoms with Crippen LogP contribution in [0.1, 0.15) is 30.5 Å². The molecule has 0 bridgehead atoms. The van der Waals surface area contributed by atoms with Crippen LogP contribution in [0.4, 0.5) is 26.3 Å². The molecule has 4 aromatic carbocycles. The normalized spacial score (nSPS) is 13.0. The molecule has 0 aromatic heterocycles. The maximum Gasteiger partial charge on any atom is 0.416 e. The summed E-state index contributed by atoms with van der Waals surface area (Å²) in [7, 11) is -2.50. The summed E-state index contributed by atoms with van der Waals surface area (Å²) in [5.41, 5.74) is -2.50. The molecule has 0 radical (unpaired) electrons. The third kappa shape index (κ3) is 7.80. The summed E-state index contributed by atoms with van der Waals surface area (Å²) >= 11 is 0. The average molecular weight is 615 g/mol. The number of nitrogens with zero attached hydrogens (tertiary/aromatic N) is 1. The smallest absolute Gasteiger partial charge is 0.384 e. The van der Waals surface area contributed by atoms with Crippen molar-refractivity contribution in [1.29, 1.82) is 0 Å². The Morgan fingerprint density at radius 1 is 0.698 bits per heavy atom. The van der Waals surface area contributed by atoms with Gasteiger partial charge in [-0.05, 0) is 29.7 Å². The zero-order chi connectivity index (χ0) is 31.3. The van der Waals surface area contributed by atoms with Crippen LogP contribution in [0.3, 0.4) is 0 Å². The lowest BCUT2D eigenvalue weighted by Gasteiger charge is -2.30. The van der Waals surface area contributed by atoms with E-state index in [1.807, 2.05) is 68.4 Å². The fourth-order valence-electron chi connectivity index (χ4n) is 4.94. The molecular formula is C34H33F6N2P. The predicted molar refractivity (Wildman–Crippen MR) is 163 cm³/mol. The maximum atomic E-state index is 13.4. The highest BCUT2D eigenvalue weighted by molar-refractivity contribution is 7.87. The van der Waals surface area contributed by atoms with Crippen LogP contribution < -0.4 is 21.2 Å². The van der Waals surface area contributed by atoms with Crippen molar-refractivity contribution in [1.82, 2.24) is 5.32 Å². The van der Waals surface area contributed by atoms with Crippen LogP contribution in [-0.2, 0) is 18.8 Å². The summed E-state index contributed by atoms with van der Waals surface area (Å²) in [5, 5.41) is 6.48. The molecule has 43 heavy (non-hydrogen) atoms. The Balaban J connectivity index is 1.72. The monoisotopic (exact) mass is 614 g/mol. The average Bonchev–Trinajstić information content (AvgIpc) is 2.97. The Morgan fingerprint density at radius 2 is 1.09 bits per heavy atom. The van der Waals surface area contributed by atoms with Gasteiger partial charge in [0.05, 0.1) is 24.7 Å². The van der Waals surface area contributed by atoms with Gasteiger partial charge in [0.1, 0.15) is 0 Å². The largest absolute Gasteiger partial charge is 0.416 e. The first-order valence-corrected chi connectivity index (χ1v) is 15.5. The standard InChI is InChI=1S/C34H33F6N2P/c1-24(2)32(42-25(3)19-26-20-27(33(35,36)37)22-28(21-26)34(38,39)40)23-41-43(29-13-7-4-8-14-29,30-15-9-5-10-16-30)31-17-11-6-12-18-31/h4-18,20-22,24,32,42H,3,19,23H2,1-2H3/t32-/m0/s1. The maximum absolute atomic E-state index is 13.4. The van der Waals surface area contributed by atoms with Crippen molar-refractivity contribution in [3.8, 4) is 0 Å². The van der Waals surface area contributed by atoms with Crippen LogP contribution in [0.2, 0.25) is 0 Å². The second kappa shape index (κ2) is 13.3. The van der Waals surface area contributed by atoms with Gasteiger partial charge in [0.25, 0.3) is 0 Å². The van der Waals surface area contributed by atoms with Gasteiger partial charge in [0, 0.05) is 34.1 Å². The van der Waals surface area contributed by atoms with Gasteiger partial charge >= 0.3 is 12.4 Å². The number of hydrogen-bond donors (Lipinski definition) is 1. The Labute approximate surface area is 248 Å².